The van der Waals surface area contributed by atoms with E-state index in [4.69, 9.17) is 0 Å². The Bertz CT molecular complexity index is 925. The highest BCUT2D eigenvalue weighted by Crippen LogP contribution is 2.35. The summed E-state index contributed by atoms with van der Waals surface area (Å²) in [6, 6.07) is 18.6. The zero-order valence-corrected chi connectivity index (χ0v) is 21.8. The third-order valence-corrected chi connectivity index (χ3v) is 8.43. The van der Waals surface area contributed by atoms with Crippen LogP contribution in [-0.2, 0) is 0 Å². The molecule has 0 heteroatoms. The van der Waals surface area contributed by atoms with E-state index in [0.29, 0.717) is 0 Å². The van der Waals surface area contributed by atoms with Gasteiger partial charge in [-0.1, -0.05) is 126 Å². The van der Waals surface area contributed by atoms with Crippen molar-refractivity contribution in [3.05, 3.63) is 71.8 Å². The van der Waals surface area contributed by atoms with Crippen LogP contribution in [0.4, 0.5) is 0 Å². The summed E-state index contributed by atoms with van der Waals surface area (Å²) in [5, 5.41) is 0. The van der Waals surface area contributed by atoms with Gasteiger partial charge in [-0.2, -0.15) is 0 Å². The van der Waals surface area contributed by atoms with Gasteiger partial charge < -0.3 is 0 Å². The lowest BCUT2D eigenvalue weighted by molar-refractivity contribution is 0.423. The van der Waals surface area contributed by atoms with Crippen LogP contribution in [0, 0.1) is 11.8 Å². The molecule has 0 N–H and O–H groups in total. The van der Waals surface area contributed by atoms with Crippen LogP contribution in [0.2, 0.25) is 0 Å². The Morgan fingerprint density at radius 3 is 1.50 bits per heavy atom. The fraction of sp³-hybridized carbons (Fsp3) is 0.529. The molecule has 2 unspecified atom stereocenters. The van der Waals surface area contributed by atoms with E-state index in [0.717, 1.165) is 11.8 Å². The SMILES string of the molecule is CCCCCCCCC1CC=C(c2ccc(-c3ccc(C4=CCC(CC)CC4)cc3)cc2)CC1. The maximum Gasteiger partial charge on any atom is -0.0184 e. The fourth-order valence-corrected chi connectivity index (χ4v) is 5.90. The molecule has 0 bridgehead atoms. The fourth-order valence-electron chi connectivity index (χ4n) is 5.90. The molecule has 2 aromatic carbocycles. The number of benzene rings is 2. The Morgan fingerprint density at radius 2 is 1.03 bits per heavy atom. The molecule has 0 nitrogen and oxygen atoms in total. The summed E-state index contributed by atoms with van der Waals surface area (Å²) < 4.78 is 0. The van der Waals surface area contributed by atoms with E-state index in [-0.39, 0.29) is 0 Å². The molecule has 0 fully saturated rings. The van der Waals surface area contributed by atoms with Crippen molar-refractivity contribution in [2.45, 2.75) is 104 Å². The van der Waals surface area contributed by atoms with Crippen LogP contribution in [0.15, 0.2) is 60.7 Å². The molecule has 0 saturated heterocycles. The first kappa shape index (κ1) is 25.0. The van der Waals surface area contributed by atoms with Gasteiger partial charge in [-0.15, -0.1) is 0 Å². The van der Waals surface area contributed by atoms with Crippen LogP contribution in [0.1, 0.15) is 115 Å². The lowest BCUT2D eigenvalue weighted by Crippen LogP contribution is -2.05. The standard InChI is InChI=1S/C34H46/c1-3-5-6-7-8-9-10-28-13-17-30(18-14-28)32-21-25-34(26-22-32)33-23-19-31(20-24-33)29-15-11-27(4-2)12-16-29/h15,17,19-28H,3-14,16,18H2,1-2H3. The maximum absolute atomic E-state index is 2.54. The van der Waals surface area contributed by atoms with Gasteiger partial charge in [0.25, 0.3) is 0 Å². The number of hydrogen-bond donors (Lipinski definition) is 0. The summed E-state index contributed by atoms with van der Waals surface area (Å²) in [6.45, 7) is 4.62. The monoisotopic (exact) mass is 454 g/mol. The molecule has 0 spiro atoms. The smallest absolute Gasteiger partial charge is 0.0184 e. The average molecular weight is 455 g/mol. The maximum atomic E-state index is 2.54. The van der Waals surface area contributed by atoms with E-state index >= 15 is 0 Å². The minimum absolute atomic E-state index is 0.895. The molecule has 182 valence electrons. The second-order valence-electron chi connectivity index (χ2n) is 10.9. The van der Waals surface area contributed by atoms with Crippen molar-refractivity contribution in [3.8, 4) is 11.1 Å². The van der Waals surface area contributed by atoms with E-state index in [1.165, 1.54) is 112 Å². The molecule has 34 heavy (non-hydrogen) atoms. The molecule has 0 saturated carbocycles. The van der Waals surface area contributed by atoms with Crippen molar-refractivity contribution in [1.29, 1.82) is 0 Å². The molecule has 0 amide bonds. The van der Waals surface area contributed by atoms with Crippen LogP contribution >= 0.6 is 0 Å². The zero-order chi connectivity index (χ0) is 23.6. The average Bonchev–Trinajstić information content (AvgIpc) is 2.91. The van der Waals surface area contributed by atoms with Gasteiger partial charge in [-0.3, -0.25) is 0 Å². The third-order valence-electron chi connectivity index (χ3n) is 8.43. The normalized spacial score (nSPS) is 20.6. The highest BCUT2D eigenvalue weighted by atomic mass is 14.2. The topological polar surface area (TPSA) is 0 Å². The minimum Gasteiger partial charge on any atom is -0.0804 e. The molecular weight excluding hydrogens is 408 g/mol. The number of unbranched alkanes of at least 4 members (excludes halogenated alkanes) is 5. The second-order valence-corrected chi connectivity index (χ2v) is 10.9. The largest absolute Gasteiger partial charge is 0.0804 e. The molecule has 2 aromatic rings. The summed E-state index contributed by atoms with van der Waals surface area (Å²) in [4.78, 5) is 0. The molecule has 0 aliphatic heterocycles. The Balaban J connectivity index is 1.28. The number of hydrogen-bond acceptors (Lipinski definition) is 0. The quantitative estimate of drug-likeness (QED) is 0.296. The lowest BCUT2D eigenvalue weighted by Gasteiger charge is -2.22. The van der Waals surface area contributed by atoms with Gasteiger partial charge >= 0.3 is 0 Å². The summed E-state index contributed by atoms with van der Waals surface area (Å²) in [6.07, 6.45) is 24.0. The van der Waals surface area contributed by atoms with E-state index < -0.39 is 0 Å². The van der Waals surface area contributed by atoms with Crippen molar-refractivity contribution in [2.75, 3.05) is 0 Å². The highest BCUT2D eigenvalue weighted by Gasteiger charge is 2.16. The Hall–Kier alpha value is -2.08. The van der Waals surface area contributed by atoms with Gasteiger partial charge in [-0.25, -0.2) is 0 Å². The molecule has 2 atom stereocenters. The summed E-state index contributed by atoms with van der Waals surface area (Å²) in [7, 11) is 0. The van der Waals surface area contributed by atoms with Gasteiger partial charge in [0.1, 0.15) is 0 Å². The van der Waals surface area contributed by atoms with Gasteiger partial charge in [0.15, 0.2) is 0 Å². The minimum atomic E-state index is 0.895. The second kappa shape index (κ2) is 13.1. The van der Waals surface area contributed by atoms with Crippen LogP contribution in [-0.4, -0.2) is 0 Å². The van der Waals surface area contributed by atoms with Crippen molar-refractivity contribution in [1.82, 2.24) is 0 Å². The summed E-state index contributed by atoms with van der Waals surface area (Å²) >= 11 is 0. The van der Waals surface area contributed by atoms with Gasteiger partial charge in [-0.05, 0) is 83.8 Å². The Labute approximate surface area is 209 Å². The van der Waals surface area contributed by atoms with Crippen LogP contribution in [0.25, 0.3) is 22.3 Å². The van der Waals surface area contributed by atoms with Gasteiger partial charge in [0, 0.05) is 0 Å². The molecule has 2 aliphatic rings. The predicted octanol–water partition coefficient (Wildman–Crippen LogP) is 10.9. The van der Waals surface area contributed by atoms with E-state index in [1.54, 1.807) is 11.1 Å². The van der Waals surface area contributed by atoms with Crippen molar-refractivity contribution in [2.24, 2.45) is 11.8 Å². The molecule has 0 heterocycles. The van der Waals surface area contributed by atoms with E-state index in [9.17, 15) is 0 Å². The van der Waals surface area contributed by atoms with Crippen molar-refractivity contribution < 1.29 is 0 Å². The highest BCUT2D eigenvalue weighted by molar-refractivity contribution is 5.73. The van der Waals surface area contributed by atoms with E-state index in [2.05, 4.69) is 74.5 Å². The lowest BCUT2D eigenvalue weighted by atomic mass is 9.83. The van der Waals surface area contributed by atoms with E-state index in [1.807, 2.05) is 0 Å². The molecule has 2 aliphatic carbocycles. The Morgan fingerprint density at radius 1 is 0.559 bits per heavy atom. The number of allylic oxidation sites excluding steroid dienone is 4. The van der Waals surface area contributed by atoms with Crippen molar-refractivity contribution in [3.63, 3.8) is 0 Å². The number of rotatable bonds is 11. The molecule has 0 radical (unpaired) electrons. The van der Waals surface area contributed by atoms with Crippen molar-refractivity contribution >= 4 is 11.1 Å². The molecule has 4 rings (SSSR count). The molecular formula is C34H46. The van der Waals surface area contributed by atoms with Crippen LogP contribution in [0.3, 0.4) is 0 Å². The van der Waals surface area contributed by atoms with Gasteiger partial charge in [0.2, 0.25) is 0 Å². The first-order valence-electron chi connectivity index (χ1n) is 14.4. The third kappa shape index (κ3) is 6.97. The predicted molar refractivity (Wildman–Crippen MR) is 151 cm³/mol. The van der Waals surface area contributed by atoms with Crippen LogP contribution < -0.4 is 0 Å². The molecule has 0 aromatic heterocycles. The Kier molecular flexibility index (Phi) is 9.66. The summed E-state index contributed by atoms with van der Waals surface area (Å²) in [5.41, 5.74) is 8.61. The first-order valence-corrected chi connectivity index (χ1v) is 14.4. The van der Waals surface area contributed by atoms with Gasteiger partial charge in [0.05, 0.1) is 0 Å². The zero-order valence-electron chi connectivity index (χ0n) is 21.8. The first-order chi connectivity index (χ1) is 16.8. The van der Waals surface area contributed by atoms with Crippen LogP contribution in [0.5, 0.6) is 0 Å². The summed E-state index contributed by atoms with van der Waals surface area (Å²) in [5.74, 6) is 1.81.